The Morgan fingerprint density at radius 1 is 1.22 bits per heavy atom. The Balaban J connectivity index is 3.75. The standard InChI is InChI=1S/C3H4F4O2/c1-2(4,8)9-3(5,6)7/h8H,1H3. The van der Waals surface area contributed by atoms with Gasteiger partial charge in [0.05, 0.1) is 0 Å². The fourth-order valence-electron chi connectivity index (χ4n) is 0.211. The lowest BCUT2D eigenvalue weighted by Gasteiger charge is -2.14. The van der Waals surface area contributed by atoms with E-state index in [9.17, 15) is 17.6 Å². The SMILES string of the molecule is CC(O)(F)OC(F)(F)F. The number of ether oxygens (including phenoxy) is 1. The van der Waals surface area contributed by atoms with Crippen LogP contribution in [-0.2, 0) is 4.74 Å². The van der Waals surface area contributed by atoms with Gasteiger partial charge in [0.15, 0.2) is 0 Å². The molecule has 0 rings (SSSR count). The summed E-state index contributed by atoms with van der Waals surface area (Å²) in [4.78, 5) is 0. The lowest BCUT2D eigenvalue weighted by atomic mass is 10.7. The minimum absolute atomic E-state index is 0.237. The molecule has 1 N–H and O–H groups in total. The highest BCUT2D eigenvalue weighted by Crippen LogP contribution is 2.23. The second-order valence-corrected chi connectivity index (χ2v) is 1.42. The monoisotopic (exact) mass is 148 g/mol. The molecule has 0 aliphatic rings. The molecule has 0 aromatic carbocycles. The quantitative estimate of drug-likeness (QED) is 0.446. The number of rotatable bonds is 1. The predicted molar refractivity (Wildman–Crippen MR) is 18.9 cm³/mol. The number of hydrogen-bond donors (Lipinski definition) is 1. The fourth-order valence-corrected chi connectivity index (χ4v) is 0.211. The molecule has 6 heteroatoms. The van der Waals surface area contributed by atoms with E-state index < -0.39 is 12.4 Å². The van der Waals surface area contributed by atoms with E-state index in [-0.39, 0.29) is 6.92 Å². The van der Waals surface area contributed by atoms with Gasteiger partial charge in [0, 0.05) is 6.92 Å². The topological polar surface area (TPSA) is 29.5 Å². The van der Waals surface area contributed by atoms with Gasteiger partial charge >= 0.3 is 12.4 Å². The van der Waals surface area contributed by atoms with Crippen molar-refractivity contribution in [3.05, 3.63) is 0 Å². The van der Waals surface area contributed by atoms with Crippen LogP contribution in [0.25, 0.3) is 0 Å². The molecule has 0 aromatic rings. The van der Waals surface area contributed by atoms with E-state index in [0.717, 1.165) is 0 Å². The van der Waals surface area contributed by atoms with Gasteiger partial charge in [-0.25, -0.2) is 4.74 Å². The summed E-state index contributed by atoms with van der Waals surface area (Å²) in [7, 11) is 0. The van der Waals surface area contributed by atoms with E-state index in [2.05, 4.69) is 4.74 Å². The van der Waals surface area contributed by atoms with E-state index in [0.29, 0.717) is 0 Å². The first-order valence-electron chi connectivity index (χ1n) is 1.89. The highest BCUT2D eigenvalue weighted by molar-refractivity contribution is 4.38. The van der Waals surface area contributed by atoms with E-state index in [1.54, 1.807) is 0 Å². The lowest BCUT2D eigenvalue weighted by Crippen LogP contribution is -2.30. The Hall–Kier alpha value is -0.360. The summed E-state index contributed by atoms with van der Waals surface area (Å²) < 4.78 is 46.8. The predicted octanol–water partition coefficient (Wildman–Crippen LogP) is 1.16. The van der Waals surface area contributed by atoms with Gasteiger partial charge in [-0.15, -0.1) is 13.2 Å². The zero-order valence-corrected chi connectivity index (χ0v) is 4.37. The maximum absolute atomic E-state index is 11.5. The molecule has 0 aliphatic heterocycles. The molecule has 0 saturated heterocycles. The van der Waals surface area contributed by atoms with E-state index in [4.69, 9.17) is 5.11 Å². The van der Waals surface area contributed by atoms with Gasteiger partial charge in [-0.2, -0.15) is 4.39 Å². The minimum atomic E-state index is -5.14. The average Bonchev–Trinajstić information content (AvgIpc) is 1.14. The molecule has 0 spiro atoms. The van der Waals surface area contributed by atoms with Crippen LogP contribution < -0.4 is 0 Å². The summed E-state index contributed by atoms with van der Waals surface area (Å²) in [5.41, 5.74) is 0. The summed E-state index contributed by atoms with van der Waals surface area (Å²) in [5.74, 6) is 0. The van der Waals surface area contributed by atoms with Crippen LogP contribution in [0.1, 0.15) is 6.92 Å². The Morgan fingerprint density at radius 2 is 1.56 bits per heavy atom. The zero-order valence-electron chi connectivity index (χ0n) is 4.37. The van der Waals surface area contributed by atoms with Crippen LogP contribution in [0.2, 0.25) is 0 Å². The number of alkyl halides is 4. The fraction of sp³-hybridized carbons (Fsp3) is 1.00. The van der Waals surface area contributed by atoms with Crippen LogP contribution in [0.4, 0.5) is 17.6 Å². The second-order valence-electron chi connectivity index (χ2n) is 1.42. The Morgan fingerprint density at radius 3 is 1.56 bits per heavy atom. The highest BCUT2D eigenvalue weighted by Gasteiger charge is 2.39. The Labute approximate surface area is 48.0 Å². The van der Waals surface area contributed by atoms with Crippen LogP contribution >= 0.6 is 0 Å². The first-order chi connectivity index (χ1) is 3.71. The molecule has 1 unspecified atom stereocenters. The normalized spacial score (nSPS) is 19.3. The van der Waals surface area contributed by atoms with Gasteiger partial charge in [-0.1, -0.05) is 0 Å². The van der Waals surface area contributed by atoms with Gasteiger partial charge < -0.3 is 5.11 Å². The van der Waals surface area contributed by atoms with Crippen molar-refractivity contribution in [2.24, 2.45) is 0 Å². The van der Waals surface area contributed by atoms with Crippen molar-refractivity contribution in [2.45, 2.75) is 19.3 Å². The highest BCUT2D eigenvalue weighted by atomic mass is 19.4. The molecule has 0 aliphatic carbocycles. The number of hydrogen-bond acceptors (Lipinski definition) is 2. The van der Waals surface area contributed by atoms with Crippen molar-refractivity contribution >= 4 is 0 Å². The van der Waals surface area contributed by atoms with Crippen LogP contribution in [-0.4, -0.2) is 17.5 Å². The van der Waals surface area contributed by atoms with E-state index >= 15 is 0 Å². The lowest BCUT2D eigenvalue weighted by molar-refractivity contribution is -0.438. The minimum Gasteiger partial charge on any atom is -0.340 e. The third kappa shape index (κ3) is 7.64. The van der Waals surface area contributed by atoms with Gasteiger partial charge in [-0.05, 0) is 0 Å². The molecule has 0 bridgehead atoms. The van der Waals surface area contributed by atoms with Crippen molar-refractivity contribution in [2.75, 3.05) is 0 Å². The van der Waals surface area contributed by atoms with E-state index in [1.165, 1.54) is 0 Å². The molecule has 0 saturated carbocycles. The number of halogens is 4. The molecule has 9 heavy (non-hydrogen) atoms. The molecule has 1 atom stereocenters. The Bertz CT molecular complexity index is 79.0. The molecular weight excluding hydrogens is 144 g/mol. The molecule has 0 fully saturated rings. The summed E-state index contributed by atoms with van der Waals surface area (Å²) >= 11 is 0. The number of aliphatic hydroxyl groups is 1. The smallest absolute Gasteiger partial charge is 0.340 e. The first kappa shape index (κ1) is 8.64. The van der Waals surface area contributed by atoms with Crippen LogP contribution in [0.5, 0.6) is 0 Å². The molecular formula is C3H4F4O2. The zero-order chi connectivity index (χ0) is 7.71. The van der Waals surface area contributed by atoms with Gasteiger partial charge in [0.1, 0.15) is 0 Å². The van der Waals surface area contributed by atoms with Gasteiger partial charge in [-0.3, -0.25) is 0 Å². The van der Waals surface area contributed by atoms with Crippen molar-refractivity contribution in [1.29, 1.82) is 0 Å². The van der Waals surface area contributed by atoms with Crippen molar-refractivity contribution < 1.29 is 27.4 Å². The molecule has 0 amide bonds. The first-order valence-corrected chi connectivity index (χ1v) is 1.89. The third-order valence-electron chi connectivity index (χ3n) is 0.302. The molecule has 0 aromatic heterocycles. The van der Waals surface area contributed by atoms with Crippen LogP contribution in [0.15, 0.2) is 0 Å². The maximum Gasteiger partial charge on any atom is 0.526 e. The molecule has 0 heterocycles. The molecule has 2 nitrogen and oxygen atoms in total. The summed E-state index contributed by atoms with van der Waals surface area (Å²) in [6.07, 6.45) is -5.14. The van der Waals surface area contributed by atoms with Gasteiger partial charge in [0.2, 0.25) is 0 Å². The van der Waals surface area contributed by atoms with Crippen LogP contribution in [0, 0.1) is 0 Å². The van der Waals surface area contributed by atoms with Crippen molar-refractivity contribution in [3.8, 4) is 0 Å². The summed E-state index contributed by atoms with van der Waals surface area (Å²) in [6, 6.07) is -3.64. The average molecular weight is 148 g/mol. The second kappa shape index (κ2) is 2.11. The summed E-state index contributed by atoms with van der Waals surface area (Å²) in [5, 5.41) is 7.74. The summed E-state index contributed by atoms with van der Waals surface area (Å²) in [6.45, 7) is 0.237. The molecule has 0 radical (unpaired) electrons. The van der Waals surface area contributed by atoms with E-state index in [1.807, 2.05) is 0 Å². The molecule has 56 valence electrons. The maximum atomic E-state index is 11.5. The van der Waals surface area contributed by atoms with Gasteiger partial charge in [0.25, 0.3) is 0 Å². The largest absolute Gasteiger partial charge is 0.526 e. The Kier molecular flexibility index (Phi) is 2.02. The van der Waals surface area contributed by atoms with Crippen molar-refractivity contribution in [3.63, 3.8) is 0 Å². The van der Waals surface area contributed by atoms with Crippen LogP contribution in [0.3, 0.4) is 0 Å². The van der Waals surface area contributed by atoms with Crippen molar-refractivity contribution in [1.82, 2.24) is 0 Å². The third-order valence-corrected chi connectivity index (χ3v) is 0.302.